The maximum Gasteiger partial charge on any atom is 0.195 e. The number of halogens is 1. The topological polar surface area (TPSA) is 67.4 Å². The molecule has 0 bridgehead atoms. The van der Waals surface area contributed by atoms with E-state index in [0.717, 1.165) is 50.2 Å². The lowest BCUT2D eigenvalue weighted by atomic mass is 10.2. The van der Waals surface area contributed by atoms with E-state index in [4.69, 9.17) is 19.2 Å². The van der Waals surface area contributed by atoms with Gasteiger partial charge in [-0.2, -0.15) is 0 Å². The number of thiophene rings is 1. The molecule has 178 valence electrons. The largest absolute Gasteiger partial charge is 0.493 e. The molecule has 1 unspecified atom stereocenters. The smallest absolute Gasteiger partial charge is 0.195 e. The van der Waals surface area contributed by atoms with Gasteiger partial charge in [0.2, 0.25) is 0 Å². The van der Waals surface area contributed by atoms with E-state index in [1.807, 2.05) is 36.5 Å². The second-order valence-corrected chi connectivity index (χ2v) is 8.58. The third kappa shape index (κ3) is 7.50. The molecule has 1 aromatic carbocycles. The molecule has 0 radical (unpaired) electrons. The molecular formula is C23H35IN4O3S. The number of aryl methyl sites for hydroxylation is 1. The van der Waals surface area contributed by atoms with Crippen LogP contribution in [0.3, 0.4) is 0 Å². The van der Waals surface area contributed by atoms with Crippen molar-refractivity contribution in [2.24, 2.45) is 4.99 Å². The van der Waals surface area contributed by atoms with Crippen molar-refractivity contribution in [2.75, 3.05) is 58.4 Å². The highest BCUT2D eigenvalue weighted by atomic mass is 127. The Morgan fingerprint density at radius 1 is 1.19 bits per heavy atom. The van der Waals surface area contributed by atoms with Gasteiger partial charge < -0.3 is 24.8 Å². The Balaban J connectivity index is 0.00000363. The normalized spacial score (nSPS) is 15.6. The minimum absolute atomic E-state index is 0. The highest BCUT2D eigenvalue weighted by molar-refractivity contribution is 14.0. The maximum absolute atomic E-state index is 5.62. The molecule has 0 saturated carbocycles. The Kier molecular flexibility index (Phi) is 11.6. The summed E-state index contributed by atoms with van der Waals surface area (Å²) in [5.41, 5.74) is 0.898. The third-order valence-electron chi connectivity index (χ3n) is 5.07. The molecule has 1 aliphatic rings. The highest BCUT2D eigenvalue weighted by Gasteiger charge is 2.24. The summed E-state index contributed by atoms with van der Waals surface area (Å²) in [4.78, 5) is 10.1. The van der Waals surface area contributed by atoms with Crippen molar-refractivity contribution in [3.63, 3.8) is 0 Å². The minimum Gasteiger partial charge on any atom is -0.493 e. The van der Waals surface area contributed by atoms with Crippen LogP contribution >= 0.6 is 35.3 Å². The zero-order valence-corrected chi connectivity index (χ0v) is 22.5. The van der Waals surface area contributed by atoms with Gasteiger partial charge in [0.1, 0.15) is 0 Å². The van der Waals surface area contributed by atoms with Gasteiger partial charge in [0.05, 0.1) is 39.5 Å². The molecule has 0 aliphatic carbocycles. The Bertz CT molecular complexity index is 856. The Morgan fingerprint density at radius 2 is 1.97 bits per heavy atom. The number of anilines is 1. The number of hydrogen-bond acceptors (Lipinski definition) is 6. The van der Waals surface area contributed by atoms with Crippen LogP contribution < -0.4 is 20.1 Å². The number of rotatable bonds is 9. The molecule has 2 N–H and O–H groups in total. The number of morpholine rings is 1. The number of methoxy groups -OCH3 is 1. The van der Waals surface area contributed by atoms with Gasteiger partial charge in [-0.25, -0.2) is 0 Å². The zero-order chi connectivity index (χ0) is 22.1. The Hall–Kier alpha value is -1.56. The third-order valence-corrected chi connectivity index (χ3v) is 6.17. The second-order valence-electron chi connectivity index (χ2n) is 7.26. The molecule has 3 rings (SSSR count). The SMILES string of the molecule is CCNC(=NCC(c1ccc(C)s1)N1CCOCC1)Nc1ccc(OCC)c(OC)c1.I. The highest BCUT2D eigenvalue weighted by Crippen LogP contribution is 2.31. The summed E-state index contributed by atoms with van der Waals surface area (Å²) in [5.74, 6) is 2.18. The van der Waals surface area contributed by atoms with Crippen LogP contribution in [0.15, 0.2) is 35.3 Å². The summed E-state index contributed by atoms with van der Waals surface area (Å²) in [5, 5.41) is 6.75. The second kappa shape index (κ2) is 13.9. The molecule has 1 fully saturated rings. The lowest BCUT2D eigenvalue weighted by Gasteiger charge is -2.33. The molecule has 0 amide bonds. The van der Waals surface area contributed by atoms with Crippen LogP contribution in [-0.4, -0.2) is 64.0 Å². The number of aliphatic imine (C=N–C) groups is 1. The fourth-order valence-electron chi connectivity index (χ4n) is 3.55. The van der Waals surface area contributed by atoms with E-state index in [0.29, 0.717) is 18.9 Å². The zero-order valence-electron chi connectivity index (χ0n) is 19.3. The number of ether oxygens (including phenoxy) is 3. The maximum atomic E-state index is 5.62. The van der Waals surface area contributed by atoms with Crippen molar-refractivity contribution >= 4 is 47.0 Å². The number of guanidine groups is 1. The van der Waals surface area contributed by atoms with Crippen molar-refractivity contribution in [3.05, 3.63) is 40.1 Å². The molecule has 1 aliphatic heterocycles. The van der Waals surface area contributed by atoms with Crippen molar-refractivity contribution in [1.82, 2.24) is 10.2 Å². The van der Waals surface area contributed by atoms with Gasteiger partial charge in [0.15, 0.2) is 17.5 Å². The summed E-state index contributed by atoms with van der Waals surface area (Å²) in [6.07, 6.45) is 0. The van der Waals surface area contributed by atoms with Crippen LogP contribution in [0.2, 0.25) is 0 Å². The minimum atomic E-state index is 0. The van der Waals surface area contributed by atoms with Crippen LogP contribution in [0.5, 0.6) is 11.5 Å². The van der Waals surface area contributed by atoms with Gasteiger partial charge >= 0.3 is 0 Å². The molecule has 1 atom stereocenters. The number of nitrogens with zero attached hydrogens (tertiary/aromatic N) is 2. The van der Waals surface area contributed by atoms with E-state index < -0.39 is 0 Å². The van der Waals surface area contributed by atoms with Crippen molar-refractivity contribution in [3.8, 4) is 11.5 Å². The van der Waals surface area contributed by atoms with Crippen molar-refractivity contribution in [2.45, 2.75) is 26.8 Å². The Morgan fingerprint density at radius 3 is 2.59 bits per heavy atom. The molecule has 1 saturated heterocycles. The molecule has 2 heterocycles. The summed E-state index contributed by atoms with van der Waals surface area (Å²) >= 11 is 1.85. The van der Waals surface area contributed by atoms with E-state index >= 15 is 0 Å². The van der Waals surface area contributed by atoms with Gasteiger partial charge in [0, 0.05) is 41.1 Å². The molecule has 9 heteroatoms. The van der Waals surface area contributed by atoms with E-state index in [1.165, 1.54) is 9.75 Å². The quantitative estimate of drug-likeness (QED) is 0.261. The number of nitrogens with one attached hydrogen (secondary N) is 2. The van der Waals surface area contributed by atoms with Crippen LogP contribution in [0.25, 0.3) is 0 Å². The van der Waals surface area contributed by atoms with Gasteiger partial charge in [-0.1, -0.05) is 0 Å². The summed E-state index contributed by atoms with van der Waals surface area (Å²) in [6, 6.07) is 10.5. The average Bonchev–Trinajstić information content (AvgIpc) is 3.21. The van der Waals surface area contributed by atoms with E-state index in [1.54, 1.807) is 7.11 Å². The van der Waals surface area contributed by atoms with Crippen LogP contribution in [0, 0.1) is 6.92 Å². The lowest BCUT2D eigenvalue weighted by molar-refractivity contribution is 0.0187. The van der Waals surface area contributed by atoms with Gasteiger partial charge in [-0.05, 0) is 45.0 Å². The number of benzene rings is 1. The predicted octanol–water partition coefficient (Wildman–Crippen LogP) is 4.53. The molecular weight excluding hydrogens is 539 g/mol. The fourth-order valence-corrected chi connectivity index (χ4v) is 4.55. The lowest BCUT2D eigenvalue weighted by Crippen LogP contribution is -2.40. The van der Waals surface area contributed by atoms with E-state index in [9.17, 15) is 0 Å². The van der Waals surface area contributed by atoms with Crippen molar-refractivity contribution in [1.29, 1.82) is 0 Å². The van der Waals surface area contributed by atoms with Gasteiger partial charge in [-0.3, -0.25) is 9.89 Å². The number of hydrogen-bond donors (Lipinski definition) is 2. The summed E-state index contributed by atoms with van der Waals surface area (Å²) in [6.45, 7) is 11.6. The standard InChI is InChI=1S/C23H34N4O3S.HI/c1-5-24-23(26-18-8-9-20(30-6-2)21(15-18)28-4)25-16-19(22-10-7-17(3)31-22)27-11-13-29-14-12-27;/h7-10,15,19H,5-6,11-14,16H2,1-4H3,(H2,24,25,26);1H. The van der Waals surface area contributed by atoms with Crippen molar-refractivity contribution < 1.29 is 14.2 Å². The first kappa shape index (κ1) is 26.7. The van der Waals surface area contributed by atoms with Crippen LogP contribution in [0.4, 0.5) is 5.69 Å². The average molecular weight is 575 g/mol. The molecule has 7 nitrogen and oxygen atoms in total. The summed E-state index contributed by atoms with van der Waals surface area (Å²) < 4.78 is 16.7. The molecule has 32 heavy (non-hydrogen) atoms. The molecule has 0 spiro atoms. The first-order valence-electron chi connectivity index (χ1n) is 10.9. The monoisotopic (exact) mass is 574 g/mol. The van der Waals surface area contributed by atoms with Gasteiger partial charge in [0.25, 0.3) is 0 Å². The molecule has 2 aromatic rings. The summed E-state index contributed by atoms with van der Waals surface area (Å²) in [7, 11) is 1.65. The predicted molar refractivity (Wildman–Crippen MR) is 143 cm³/mol. The van der Waals surface area contributed by atoms with Gasteiger partial charge in [-0.15, -0.1) is 35.3 Å². The van der Waals surface area contributed by atoms with Crippen LogP contribution in [-0.2, 0) is 4.74 Å². The fraction of sp³-hybridized carbons (Fsp3) is 0.522. The van der Waals surface area contributed by atoms with Crippen LogP contribution in [0.1, 0.15) is 29.6 Å². The first-order valence-corrected chi connectivity index (χ1v) is 11.7. The van der Waals surface area contributed by atoms with E-state index in [-0.39, 0.29) is 30.0 Å². The Labute approximate surface area is 212 Å². The first-order chi connectivity index (χ1) is 15.1. The van der Waals surface area contributed by atoms with E-state index in [2.05, 4.69) is 41.5 Å². The molecule has 1 aromatic heterocycles.